The molecule has 0 amide bonds. The second-order valence-corrected chi connectivity index (χ2v) is 6.21. The van der Waals surface area contributed by atoms with Crippen molar-refractivity contribution in [3.63, 3.8) is 0 Å². The molecule has 0 spiro atoms. The van der Waals surface area contributed by atoms with Gasteiger partial charge in [-0.3, -0.25) is 4.79 Å². The number of carbonyl (C=O) groups is 1. The monoisotopic (exact) mass is 322 g/mol. The Morgan fingerprint density at radius 1 is 1.30 bits per heavy atom. The van der Waals surface area contributed by atoms with Crippen LogP contribution in [-0.4, -0.2) is 42.1 Å². The summed E-state index contributed by atoms with van der Waals surface area (Å²) in [5.41, 5.74) is 1.17. The molecule has 0 bridgehead atoms. The summed E-state index contributed by atoms with van der Waals surface area (Å²) in [6, 6.07) is 7.90. The number of hydrogen-bond acceptors (Lipinski definition) is 5. The molecule has 2 N–H and O–H groups in total. The molecule has 128 valence electrons. The van der Waals surface area contributed by atoms with E-state index in [1.165, 1.54) is 5.56 Å². The Labute approximate surface area is 137 Å². The van der Waals surface area contributed by atoms with Crippen LogP contribution >= 0.6 is 0 Å². The topological polar surface area (TPSA) is 76.0 Å². The van der Waals surface area contributed by atoms with E-state index < -0.39 is 12.2 Å². The number of ketones is 1. The lowest BCUT2D eigenvalue weighted by Crippen LogP contribution is -2.37. The van der Waals surface area contributed by atoms with Crippen LogP contribution in [-0.2, 0) is 16.0 Å². The molecule has 1 aromatic carbocycles. The summed E-state index contributed by atoms with van der Waals surface area (Å²) < 4.78 is 10.3. The summed E-state index contributed by atoms with van der Waals surface area (Å²) in [5.74, 6) is 0.860. The molecule has 1 aromatic rings. The molecule has 5 nitrogen and oxygen atoms in total. The zero-order valence-electron chi connectivity index (χ0n) is 13.6. The highest BCUT2D eigenvalue weighted by atomic mass is 16.7. The summed E-state index contributed by atoms with van der Waals surface area (Å²) in [7, 11) is 1.59. The predicted octanol–water partition coefficient (Wildman–Crippen LogP) is 2.08. The van der Waals surface area contributed by atoms with Gasteiger partial charge in [0.25, 0.3) is 0 Å². The molecule has 1 aliphatic rings. The number of hydrogen-bond donors (Lipinski definition) is 2. The SMILES string of the molecule is COCOc1cccc(CCC2CCCC(=O)C(O)C(O)C2)c1. The first kappa shape index (κ1) is 17.9. The summed E-state index contributed by atoms with van der Waals surface area (Å²) in [6.45, 7) is 0.226. The Morgan fingerprint density at radius 2 is 2.13 bits per heavy atom. The molecule has 1 fully saturated rings. The molecule has 3 unspecified atom stereocenters. The van der Waals surface area contributed by atoms with Gasteiger partial charge in [-0.2, -0.15) is 0 Å². The maximum absolute atomic E-state index is 11.6. The van der Waals surface area contributed by atoms with Crippen LogP contribution in [0.5, 0.6) is 5.75 Å². The molecule has 0 heterocycles. The van der Waals surface area contributed by atoms with Gasteiger partial charge in [-0.05, 0) is 55.7 Å². The van der Waals surface area contributed by atoms with Crippen molar-refractivity contribution in [2.45, 2.75) is 50.7 Å². The van der Waals surface area contributed by atoms with Crippen LogP contribution in [0.15, 0.2) is 24.3 Å². The van der Waals surface area contributed by atoms with E-state index in [-0.39, 0.29) is 12.6 Å². The highest BCUT2D eigenvalue weighted by Crippen LogP contribution is 2.26. The van der Waals surface area contributed by atoms with Gasteiger partial charge in [0.2, 0.25) is 0 Å². The van der Waals surface area contributed by atoms with Gasteiger partial charge < -0.3 is 19.7 Å². The van der Waals surface area contributed by atoms with Crippen molar-refractivity contribution < 1.29 is 24.5 Å². The largest absolute Gasteiger partial charge is 0.468 e. The van der Waals surface area contributed by atoms with Gasteiger partial charge in [0.1, 0.15) is 11.9 Å². The average Bonchev–Trinajstić information content (AvgIpc) is 2.56. The molecular formula is C18H26O5. The molecule has 0 aliphatic heterocycles. The zero-order valence-corrected chi connectivity index (χ0v) is 13.6. The van der Waals surface area contributed by atoms with Crippen molar-refractivity contribution in [3.05, 3.63) is 29.8 Å². The number of aliphatic hydroxyl groups excluding tert-OH is 2. The average molecular weight is 322 g/mol. The highest BCUT2D eigenvalue weighted by molar-refractivity contribution is 5.83. The Bertz CT molecular complexity index is 502. The fourth-order valence-electron chi connectivity index (χ4n) is 3.07. The van der Waals surface area contributed by atoms with Crippen LogP contribution in [0.3, 0.4) is 0 Å². The third kappa shape index (κ3) is 5.61. The van der Waals surface area contributed by atoms with E-state index in [1.54, 1.807) is 7.11 Å². The standard InChI is InChI=1S/C18H26O5/c1-22-12-23-15-6-2-4-13(10-15)8-9-14-5-3-7-16(19)18(21)17(20)11-14/h2,4,6,10,14,17-18,20-21H,3,5,7-9,11-12H2,1H3. The fraction of sp³-hybridized carbons (Fsp3) is 0.611. The lowest BCUT2D eigenvalue weighted by Gasteiger charge is -2.26. The fourth-order valence-corrected chi connectivity index (χ4v) is 3.07. The molecule has 2 rings (SSSR count). The number of ether oxygens (including phenoxy) is 2. The van der Waals surface area contributed by atoms with Crippen LogP contribution in [0.2, 0.25) is 0 Å². The summed E-state index contributed by atoms with van der Waals surface area (Å²) in [6.07, 6.45) is 2.17. The van der Waals surface area contributed by atoms with Crippen molar-refractivity contribution in [3.8, 4) is 5.75 Å². The Morgan fingerprint density at radius 3 is 2.91 bits per heavy atom. The van der Waals surface area contributed by atoms with Crippen LogP contribution in [0.4, 0.5) is 0 Å². The number of methoxy groups -OCH3 is 1. The molecule has 0 radical (unpaired) electrons. The van der Waals surface area contributed by atoms with E-state index in [0.717, 1.165) is 31.4 Å². The van der Waals surface area contributed by atoms with Crippen molar-refractivity contribution >= 4 is 5.78 Å². The molecule has 3 atom stereocenters. The maximum Gasteiger partial charge on any atom is 0.188 e. The highest BCUT2D eigenvalue weighted by Gasteiger charge is 2.28. The van der Waals surface area contributed by atoms with E-state index in [1.807, 2.05) is 18.2 Å². The Hall–Kier alpha value is -1.43. The smallest absolute Gasteiger partial charge is 0.188 e. The van der Waals surface area contributed by atoms with Gasteiger partial charge >= 0.3 is 0 Å². The van der Waals surface area contributed by atoms with Gasteiger partial charge in [-0.15, -0.1) is 0 Å². The van der Waals surface area contributed by atoms with Gasteiger partial charge in [0, 0.05) is 13.5 Å². The number of carbonyl (C=O) groups excluding carboxylic acids is 1. The number of rotatable bonds is 6. The quantitative estimate of drug-likeness (QED) is 0.784. The minimum atomic E-state index is -1.22. The van der Waals surface area contributed by atoms with Crippen molar-refractivity contribution in [1.29, 1.82) is 0 Å². The molecular weight excluding hydrogens is 296 g/mol. The molecule has 0 saturated heterocycles. The Kier molecular flexibility index (Phi) is 7.02. The van der Waals surface area contributed by atoms with Crippen molar-refractivity contribution in [2.75, 3.05) is 13.9 Å². The minimum Gasteiger partial charge on any atom is -0.468 e. The normalized spacial score (nSPS) is 25.7. The number of aryl methyl sites for hydroxylation is 1. The van der Waals surface area contributed by atoms with Crippen molar-refractivity contribution in [1.82, 2.24) is 0 Å². The van der Waals surface area contributed by atoms with Crippen LogP contribution in [0.1, 0.15) is 37.7 Å². The van der Waals surface area contributed by atoms with Gasteiger partial charge in [0.05, 0.1) is 6.10 Å². The summed E-state index contributed by atoms with van der Waals surface area (Å²) in [5, 5.41) is 19.7. The summed E-state index contributed by atoms with van der Waals surface area (Å²) in [4.78, 5) is 11.6. The predicted molar refractivity (Wildman–Crippen MR) is 86.2 cm³/mol. The Balaban J connectivity index is 1.88. The van der Waals surface area contributed by atoms with E-state index in [4.69, 9.17) is 9.47 Å². The lowest BCUT2D eigenvalue weighted by molar-refractivity contribution is -0.134. The molecule has 1 saturated carbocycles. The third-order valence-corrected chi connectivity index (χ3v) is 4.39. The van der Waals surface area contributed by atoms with E-state index >= 15 is 0 Å². The molecule has 0 aromatic heterocycles. The zero-order chi connectivity index (χ0) is 16.7. The molecule has 1 aliphatic carbocycles. The van der Waals surface area contributed by atoms with Gasteiger partial charge in [-0.1, -0.05) is 12.1 Å². The van der Waals surface area contributed by atoms with Gasteiger partial charge in [0.15, 0.2) is 12.6 Å². The first-order chi connectivity index (χ1) is 11.1. The first-order valence-electron chi connectivity index (χ1n) is 8.19. The van der Waals surface area contributed by atoms with E-state index in [2.05, 4.69) is 6.07 Å². The van der Waals surface area contributed by atoms with Crippen molar-refractivity contribution in [2.24, 2.45) is 5.92 Å². The van der Waals surface area contributed by atoms with E-state index in [9.17, 15) is 15.0 Å². The molecule has 5 heteroatoms. The van der Waals surface area contributed by atoms with Crippen LogP contribution in [0.25, 0.3) is 0 Å². The third-order valence-electron chi connectivity index (χ3n) is 4.39. The van der Waals surface area contributed by atoms with E-state index in [0.29, 0.717) is 18.8 Å². The van der Waals surface area contributed by atoms with Gasteiger partial charge in [-0.25, -0.2) is 0 Å². The number of benzene rings is 1. The number of Topliss-reactive ketones (excluding diaryl/α,β-unsaturated/α-hetero) is 1. The second kappa shape index (κ2) is 9.01. The lowest BCUT2D eigenvalue weighted by atomic mass is 9.84. The first-order valence-corrected chi connectivity index (χ1v) is 8.19. The maximum atomic E-state index is 11.6. The second-order valence-electron chi connectivity index (χ2n) is 6.21. The summed E-state index contributed by atoms with van der Waals surface area (Å²) >= 11 is 0. The number of aliphatic hydroxyl groups is 2. The van der Waals surface area contributed by atoms with Crippen LogP contribution in [0, 0.1) is 5.92 Å². The molecule has 23 heavy (non-hydrogen) atoms. The van der Waals surface area contributed by atoms with Crippen LogP contribution < -0.4 is 4.74 Å². The minimum absolute atomic E-state index is 0.226.